The Balaban J connectivity index is 1.60. The van der Waals surface area contributed by atoms with Gasteiger partial charge in [0.25, 0.3) is 0 Å². The number of nitrogens with two attached hydrogens (primary N) is 1. The fourth-order valence-electron chi connectivity index (χ4n) is 4.08. The summed E-state index contributed by atoms with van der Waals surface area (Å²) in [5, 5.41) is 2.85. The predicted molar refractivity (Wildman–Crippen MR) is 153 cm³/mol. The summed E-state index contributed by atoms with van der Waals surface area (Å²) in [6.07, 6.45) is -0.0329. The number of ether oxygens (including phenoxy) is 3. The third kappa shape index (κ3) is 7.72. The number of nitrogens with zero attached hydrogens (tertiary/aromatic N) is 3. The minimum absolute atomic E-state index is 0.0225. The molecule has 0 aliphatic rings. The fraction of sp³-hybridized carbons (Fsp3) is 0.333. The topological polar surface area (TPSA) is 173 Å². The number of aromatic nitrogens is 4. The molecule has 0 fully saturated rings. The van der Waals surface area contributed by atoms with Crippen LogP contribution in [-0.2, 0) is 31.5 Å². The minimum atomic E-state index is -3.65. The van der Waals surface area contributed by atoms with Crippen LogP contribution in [0, 0.1) is 0 Å². The van der Waals surface area contributed by atoms with Crippen molar-refractivity contribution in [1.29, 1.82) is 0 Å². The molecule has 41 heavy (non-hydrogen) atoms. The first-order chi connectivity index (χ1) is 19.7. The molecule has 14 heteroatoms. The molecule has 0 amide bonds. The zero-order valence-corrected chi connectivity index (χ0v) is 23.9. The molecule has 0 aliphatic heterocycles. The smallest absolute Gasteiger partial charge is 0.328 e. The van der Waals surface area contributed by atoms with Crippen LogP contribution in [0.4, 0.5) is 5.82 Å². The van der Waals surface area contributed by atoms with Gasteiger partial charge < -0.3 is 29.5 Å². The molecule has 0 spiro atoms. The first kappa shape index (κ1) is 29.8. The maximum Gasteiger partial charge on any atom is 0.328 e. The number of nitrogens with one attached hydrogen (secondary N) is 2. The Morgan fingerprint density at radius 1 is 1.12 bits per heavy atom. The zero-order chi connectivity index (χ0) is 29.4. The summed E-state index contributed by atoms with van der Waals surface area (Å²) >= 11 is 0. The minimum Gasteiger partial charge on any atom is -0.465 e. The average Bonchev–Trinajstić information content (AvgIpc) is 3.24. The van der Waals surface area contributed by atoms with Gasteiger partial charge in [0.1, 0.15) is 23.9 Å². The molecular formula is C27H33N6O7P. The van der Waals surface area contributed by atoms with Gasteiger partial charge in [-0.1, -0.05) is 42.5 Å². The molecule has 4 N–H and O–H groups in total. The van der Waals surface area contributed by atoms with Gasteiger partial charge in [-0.15, -0.1) is 0 Å². The van der Waals surface area contributed by atoms with Gasteiger partial charge in [0, 0.05) is 7.11 Å². The molecule has 0 saturated heterocycles. The molecule has 4 rings (SSSR count). The zero-order valence-electron chi connectivity index (χ0n) is 23.0. The third-order valence-electron chi connectivity index (χ3n) is 5.90. The van der Waals surface area contributed by atoms with Crippen molar-refractivity contribution in [3.63, 3.8) is 0 Å². The number of benzene rings is 2. The number of methoxy groups -OCH3 is 1. The summed E-state index contributed by atoms with van der Waals surface area (Å²) in [6, 6.07) is 15.1. The first-order valence-electron chi connectivity index (χ1n) is 12.9. The highest BCUT2D eigenvalue weighted by Crippen LogP contribution is 2.47. The van der Waals surface area contributed by atoms with Gasteiger partial charge in [-0.05, 0) is 37.1 Å². The second-order valence-electron chi connectivity index (χ2n) is 9.11. The van der Waals surface area contributed by atoms with E-state index in [1.54, 1.807) is 57.4 Å². The molecule has 218 valence electrons. The summed E-state index contributed by atoms with van der Waals surface area (Å²) in [7, 11) is -2.11. The summed E-state index contributed by atoms with van der Waals surface area (Å²) in [6.45, 7) is 4.15. The van der Waals surface area contributed by atoms with Crippen molar-refractivity contribution in [1.82, 2.24) is 24.6 Å². The first-order valence-corrected chi connectivity index (χ1v) is 14.8. The van der Waals surface area contributed by atoms with E-state index in [2.05, 4.69) is 20.0 Å². The van der Waals surface area contributed by atoms with Crippen LogP contribution in [0.3, 0.4) is 0 Å². The lowest BCUT2D eigenvalue weighted by Crippen LogP contribution is -2.35. The van der Waals surface area contributed by atoms with Gasteiger partial charge in [0.05, 0.1) is 25.9 Å². The number of H-pyrrole nitrogens is 1. The molecule has 0 saturated carbocycles. The quantitative estimate of drug-likeness (QED) is 0.113. The number of para-hydroxylation sites is 1. The van der Waals surface area contributed by atoms with Crippen molar-refractivity contribution in [2.75, 3.05) is 32.7 Å². The molecule has 1 unspecified atom stereocenters. The highest BCUT2D eigenvalue weighted by molar-refractivity contribution is 7.56. The molecule has 2 aromatic heterocycles. The largest absolute Gasteiger partial charge is 0.465 e. The van der Waals surface area contributed by atoms with E-state index < -0.39 is 25.2 Å². The van der Waals surface area contributed by atoms with Crippen LogP contribution in [0.25, 0.3) is 11.2 Å². The molecule has 2 aromatic carbocycles. The van der Waals surface area contributed by atoms with E-state index in [1.165, 1.54) is 4.57 Å². The molecule has 0 radical (unpaired) electrons. The normalized spacial score (nSPS) is 13.4. The van der Waals surface area contributed by atoms with Crippen LogP contribution in [0.5, 0.6) is 11.8 Å². The van der Waals surface area contributed by atoms with Gasteiger partial charge in [0.15, 0.2) is 11.5 Å². The molecule has 2 heterocycles. The highest BCUT2D eigenvalue weighted by atomic mass is 31.2. The van der Waals surface area contributed by atoms with Gasteiger partial charge in [-0.25, -0.2) is 9.88 Å². The fourth-order valence-corrected chi connectivity index (χ4v) is 6.12. The van der Waals surface area contributed by atoms with E-state index in [1.807, 2.05) is 18.2 Å². The Labute approximate surface area is 236 Å². The Morgan fingerprint density at radius 2 is 1.88 bits per heavy atom. The monoisotopic (exact) mass is 584 g/mol. The summed E-state index contributed by atoms with van der Waals surface area (Å²) in [5.74, 6) is -0.0711. The molecular weight excluding hydrogens is 551 g/mol. The molecule has 4 aromatic rings. The Kier molecular flexibility index (Phi) is 9.77. The van der Waals surface area contributed by atoms with Crippen LogP contribution >= 0.6 is 7.52 Å². The highest BCUT2D eigenvalue weighted by Gasteiger charge is 2.31. The second-order valence-corrected chi connectivity index (χ2v) is 11.2. The number of aromatic amines is 1. The summed E-state index contributed by atoms with van der Waals surface area (Å²) in [5.41, 5.74) is 7.58. The van der Waals surface area contributed by atoms with E-state index in [4.69, 9.17) is 24.5 Å². The molecule has 2 atom stereocenters. The molecule has 0 aliphatic carbocycles. The standard InChI is InChI=1S/C27H33N6O7P/c1-4-38-25(34)18(2)32-41(36,40-21-11-6-5-7-12-21)17-20-10-8-9-19(15-20)16-33-24-22(29-27(33)35)23(28)30-26(31-24)39-14-13-37-3/h5-12,15,18H,4,13-14,16-17H2,1-3H3,(H,29,35)(H,32,36)(H2,28,30,31)/t18-,41?/m0/s1. The van der Waals surface area contributed by atoms with E-state index in [0.717, 1.165) is 5.56 Å². The number of anilines is 1. The van der Waals surface area contributed by atoms with E-state index in [0.29, 0.717) is 23.4 Å². The van der Waals surface area contributed by atoms with Gasteiger partial charge in [0.2, 0.25) is 0 Å². The predicted octanol–water partition coefficient (Wildman–Crippen LogP) is 3.09. The lowest BCUT2D eigenvalue weighted by atomic mass is 10.1. The summed E-state index contributed by atoms with van der Waals surface area (Å²) in [4.78, 5) is 36.3. The third-order valence-corrected chi connectivity index (χ3v) is 7.97. The van der Waals surface area contributed by atoms with Gasteiger partial charge in [-0.3, -0.25) is 13.9 Å². The Morgan fingerprint density at radius 3 is 2.61 bits per heavy atom. The lowest BCUT2D eigenvalue weighted by Gasteiger charge is -2.24. The van der Waals surface area contributed by atoms with E-state index in [9.17, 15) is 14.2 Å². The average molecular weight is 585 g/mol. The van der Waals surface area contributed by atoms with Crippen LogP contribution in [-0.4, -0.2) is 58.5 Å². The van der Waals surface area contributed by atoms with Crippen LogP contribution in [0.1, 0.15) is 25.0 Å². The number of imidazole rings is 1. The van der Waals surface area contributed by atoms with Crippen LogP contribution in [0.15, 0.2) is 59.4 Å². The van der Waals surface area contributed by atoms with Gasteiger partial charge in [-0.2, -0.15) is 9.97 Å². The van der Waals surface area contributed by atoms with Crippen molar-refractivity contribution in [3.8, 4) is 11.8 Å². The van der Waals surface area contributed by atoms with E-state index in [-0.39, 0.29) is 43.4 Å². The van der Waals surface area contributed by atoms with Crippen molar-refractivity contribution >= 4 is 30.5 Å². The number of rotatable bonds is 14. The Bertz CT molecular complexity index is 1590. The van der Waals surface area contributed by atoms with E-state index >= 15 is 0 Å². The van der Waals surface area contributed by atoms with Crippen molar-refractivity contribution in [2.45, 2.75) is 32.6 Å². The van der Waals surface area contributed by atoms with Crippen molar-refractivity contribution in [2.24, 2.45) is 0 Å². The number of carbonyl (C=O) groups excluding carboxylic acids is 1. The number of hydrogen-bond acceptors (Lipinski definition) is 10. The van der Waals surface area contributed by atoms with Crippen LogP contribution in [0.2, 0.25) is 0 Å². The molecule has 0 bridgehead atoms. The molecule has 13 nitrogen and oxygen atoms in total. The number of hydrogen-bond donors (Lipinski definition) is 3. The maximum absolute atomic E-state index is 14.1. The number of nitrogen functional groups attached to an aromatic ring is 1. The number of carbonyl (C=O) groups is 1. The van der Waals surface area contributed by atoms with Gasteiger partial charge >= 0.3 is 25.2 Å². The number of esters is 1. The maximum atomic E-state index is 14.1. The number of fused-ring (bicyclic) bond motifs is 1. The second kappa shape index (κ2) is 13.4. The SMILES string of the molecule is CCOC(=O)[C@H](C)NP(=O)(Cc1cccc(Cn2c(=O)[nH]c3c(N)nc(OCCOC)nc32)c1)Oc1ccccc1. The Hall–Kier alpha value is -4.19. The van der Waals surface area contributed by atoms with Crippen LogP contribution < -0.4 is 25.8 Å². The van der Waals surface area contributed by atoms with Crippen molar-refractivity contribution in [3.05, 3.63) is 76.2 Å². The summed E-state index contributed by atoms with van der Waals surface area (Å²) < 4.78 is 36.9. The van der Waals surface area contributed by atoms with Crippen molar-refractivity contribution < 1.29 is 28.1 Å². The lowest BCUT2D eigenvalue weighted by molar-refractivity contribution is -0.144.